The van der Waals surface area contributed by atoms with Crippen LogP contribution in [0, 0.1) is 11.3 Å². The lowest BCUT2D eigenvalue weighted by atomic mass is 9.83. The van der Waals surface area contributed by atoms with Crippen LogP contribution in [0.5, 0.6) is 0 Å². The number of hydrogen-bond acceptors (Lipinski definition) is 2. The molecule has 112 valence electrons. The van der Waals surface area contributed by atoms with Crippen molar-refractivity contribution in [2.75, 3.05) is 26.2 Å². The Labute approximate surface area is 120 Å². The smallest absolute Gasteiger partial charge is 0.00673 e. The van der Waals surface area contributed by atoms with Gasteiger partial charge in [-0.05, 0) is 56.9 Å². The summed E-state index contributed by atoms with van der Waals surface area (Å²) in [6.45, 7) is 12.2. The molecule has 0 amide bonds. The van der Waals surface area contributed by atoms with Crippen molar-refractivity contribution >= 4 is 0 Å². The average molecular weight is 266 g/mol. The molecule has 0 bridgehead atoms. The second kappa shape index (κ2) is 7.08. The van der Waals surface area contributed by atoms with Gasteiger partial charge in [-0.1, -0.05) is 26.7 Å². The van der Waals surface area contributed by atoms with Gasteiger partial charge in [-0.2, -0.15) is 0 Å². The molecule has 1 aliphatic carbocycles. The van der Waals surface area contributed by atoms with Gasteiger partial charge in [-0.25, -0.2) is 0 Å². The number of nitrogens with one attached hydrogen (secondary N) is 1. The second-order valence-electron chi connectivity index (χ2n) is 7.34. The number of nitrogens with zero attached hydrogens (tertiary/aromatic N) is 1. The molecular formula is C17H34N2. The molecule has 2 aliphatic rings. The zero-order chi connectivity index (χ0) is 13.7. The molecule has 1 saturated carbocycles. The Bertz CT molecular complexity index is 258. The lowest BCUT2D eigenvalue weighted by Gasteiger charge is -2.43. The van der Waals surface area contributed by atoms with Crippen molar-refractivity contribution in [1.82, 2.24) is 10.2 Å². The Hall–Kier alpha value is -0.0800. The minimum Gasteiger partial charge on any atom is -0.316 e. The van der Waals surface area contributed by atoms with E-state index in [4.69, 9.17) is 0 Å². The van der Waals surface area contributed by atoms with Gasteiger partial charge in [-0.15, -0.1) is 0 Å². The number of piperidine rings is 1. The summed E-state index contributed by atoms with van der Waals surface area (Å²) >= 11 is 0. The summed E-state index contributed by atoms with van der Waals surface area (Å²) < 4.78 is 0. The topological polar surface area (TPSA) is 15.3 Å². The molecule has 0 aromatic heterocycles. The summed E-state index contributed by atoms with van der Waals surface area (Å²) in [4.78, 5) is 2.80. The van der Waals surface area contributed by atoms with E-state index in [2.05, 4.69) is 31.0 Å². The van der Waals surface area contributed by atoms with Crippen LogP contribution in [0.25, 0.3) is 0 Å². The molecule has 0 radical (unpaired) electrons. The van der Waals surface area contributed by atoms with Crippen LogP contribution in [0.1, 0.15) is 65.7 Å². The molecule has 2 nitrogen and oxygen atoms in total. The monoisotopic (exact) mass is 266 g/mol. The van der Waals surface area contributed by atoms with Gasteiger partial charge >= 0.3 is 0 Å². The predicted octanol–water partition coefficient (Wildman–Crippen LogP) is 3.67. The Morgan fingerprint density at radius 1 is 1.16 bits per heavy atom. The van der Waals surface area contributed by atoms with Crippen molar-refractivity contribution in [3.8, 4) is 0 Å². The molecule has 2 heteroatoms. The first-order chi connectivity index (χ1) is 9.15. The van der Waals surface area contributed by atoms with Crippen molar-refractivity contribution in [1.29, 1.82) is 0 Å². The van der Waals surface area contributed by atoms with E-state index in [-0.39, 0.29) is 0 Å². The minimum absolute atomic E-state index is 0.584. The second-order valence-corrected chi connectivity index (χ2v) is 7.34. The highest BCUT2D eigenvalue weighted by molar-refractivity contribution is 4.91. The van der Waals surface area contributed by atoms with Crippen LogP contribution < -0.4 is 5.32 Å². The molecule has 1 heterocycles. The quantitative estimate of drug-likeness (QED) is 0.738. The highest BCUT2D eigenvalue weighted by Gasteiger charge is 2.37. The Kier molecular flexibility index (Phi) is 5.70. The van der Waals surface area contributed by atoms with Gasteiger partial charge in [0.15, 0.2) is 0 Å². The third-order valence-electron chi connectivity index (χ3n) is 5.38. The predicted molar refractivity (Wildman–Crippen MR) is 83.5 cm³/mol. The van der Waals surface area contributed by atoms with E-state index >= 15 is 0 Å². The Balaban J connectivity index is 1.91. The van der Waals surface area contributed by atoms with Crippen LogP contribution in [0.4, 0.5) is 0 Å². The van der Waals surface area contributed by atoms with E-state index in [1.165, 1.54) is 71.1 Å². The van der Waals surface area contributed by atoms with Crippen LogP contribution in [-0.4, -0.2) is 37.1 Å². The molecule has 2 fully saturated rings. The van der Waals surface area contributed by atoms with Crippen molar-refractivity contribution in [2.45, 2.75) is 71.8 Å². The molecule has 1 N–H and O–H groups in total. The molecule has 19 heavy (non-hydrogen) atoms. The highest BCUT2D eigenvalue weighted by Crippen LogP contribution is 2.39. The highest BCUT2D eigenvalue weighted by atomic mass is 15.2. The van der Waals surface area contributed by atoms with Crippen LogP contribution in [-0.2, 0) is 0 Å². The van der Waals surface area contributed by atoms with Crippen molar-refractivity contribution < 1.29 is 0 Å². The first kappa shape index (κ1) is 15.3. The van der Waals surface area contributed by atoms with Crippen molar-refractivity contribution in [2.24, 2.45) is 11.3 Å². The lowest BCUT2D eigenvalue weighted by Crippen LogP contribution is -2.49. The summed E-state index contributed by atoms with van der Waals surface area (Å²) in [5.74, 6) is 0.901. The largest absolute Gasteiger partial charge is 0.316 e. The molecule has 1 saturated heterocycles. The summed E-state index contributed by atoms with van der Waals surface area (Å²) in [5.41, 5.74) is 0.584. The van der Waals surface area contributed by atoms with Gasteiger partial charge in [0.05, 0.1) is 0 Å². The van der Waals surface area contributed by atoms with Gasteiger partial charge in [0.25, 0.3) is 0 Å². The maximum Gasteiger partial charge on any atom is 0.00673 e. The molecule has 2 unspecified atom stereocenters. The number of hydrogen-bond donors (Lipinski definition) is 1. The molecule has 0 aromatic carbocycles. The zero-order valence-corrected chi connectivity index (χ0v) is 13.4. The van der Waals surface area contributed by atoms with Crippen LogP contribution in [0.3, 0.4) is 0 Å². The van der Waals surface area contributed by atoms with E-state index in [0.29, 0.717) is 5.41 Å². The first-order valence-corrected chi connectivity index (χ1v) is 8.60. The first-order valence-electron chi connectivity index (χ1n) is 8.60. The third kappa shape index (κ3) is 4.19. The molecule has 2 rings (SSSR count). The lowest BCUT2D eigenvalue weighted by molar-refractivity contribution is 0.0676. The zero-order valence-electron chi connectivity index (χ0n) is 13.4. The minimum atomic E-state index is 0.584. The molecule has 0 spiro atoms. The summed E-state index contributed by atoms with van der Waals surface area (Å²) in [5, 5.41) is 3.71. The van der Waals surface area contributed by atoms with Gasteiger partial charge in [0.1, 0.15) is 0 Å². The maximum atomic E-state index is 3.71. The van der Waals surface area contributed by atoms with Crippen molar-refractivity contribution in [3.63, 3.8) is 0 Å². The fourth-order valence-electron chi connectivity index (χ4n) is 4.08. The van der Waals surface area contributed by atoms with Crippen LogP contribution in [0.15, 0.2) is 0 Å². The third-order valence-corrected chi connectivity index (χ3v) is 5.38. The van der Waals surface area contributed by atoms with Gasteiger partial charge in [0.2, 0.25) is 0 Å². The van der Waals surface area contributed by atoms with Crippen LogP contribution >= 0.6 is 0 Å². The van der Waals surface area contributed by atoms with E-state index in [0.717, 1.165) is 12.0 Å². The number of likely N-dealkylation sites (tertiary alicyclic amines) is 1. The SMILES string of the molecule is CCCNCC1(CN2CC(C)CCC2C)CCCC1. The molecule has 2 atom stereocenters. The Morgan fingerprint density at radius 2 is 1.89 bits per heavy atom. The average Bonchev–Trinajstić information content (AvgIpc) is 2.83. The van der Waals surface area contributed by atoms with Gasteiger partial charge in [0, 0.05) is 25.7 Å². The summed E-state index contributed by atoms with van der Waals surface area (Å²) in [7, 11) is 0. The van der Waals surface area contributed by atoms with Gasteiger partial charge < -0.3 is 5.32 Å². The number of rotatable bonds is 6. The van der Waals surface area contributed by atoms with E-state index in [9.17, 15) is 0 Å². The van der Waals surface area contributed by atoms with E-state index in [1.54, 1.807) is 0 Å². The van der Waals surface area contributed by atoms with E-state index < -0.39 is 0 Å². The molecular weight excluding hydrogens is 232 g/mol. The molecule has 0 aromatic rings. The fraction of sp³-hybridized carbons (Fsp3) is 1.00. The maximum absolute atomic E-state index is 3.71. The summed E-state index contributed by atoms with van der Waals surface area (Å²) in [6.07, 6.45) is 9.88. The van der Waals surface area contributed by atoms with Crippen LogP contribution in [0.2, 0.25) is 0 Å². The van der Waals surface area contributed by atoms with Gasteiger partial charge in [-0.3, -0.25) is 4.90 Å². The fourth-order valence-corrected chi connectivity index (χ4v) is 4.08. The van der Waals surface area contributed by atoms with E-state index in [1.807, 2.05) is 0 Å². The van der Waals surface area contributed by atoms with Crippen molar-refractivity contribution in [3.05, 3.63) is 0 Å². The standard InChI is InChI=1S/C17H34N2/c1-4-11-18-13-17(9-5-6-10-17)14-19-12-15(2)7-8-16(19)3/h15-16,18H,4-14H2,1-3H3. The summed E-state index contributed by atoms with van der Waals surface area (Å²) in [6, 6.07) is 0.805. The normalized spacial score (nSPS) is 31.7. The molecule has 1 aliphatic heterocycles. The Morgan fingerprint density at radius 3 is 2.58 bits per heavy atom.